The van der Waals surface area contributed by atoms with Gasteiger partial charge in [0.25, 0.3) is 0 Å². The van der Waals surface area contributed by atoms with Crippen molar-refractivity contribution >= 4 is 33.0 Å². The topological polar surface area (TPSA) is 66.5 Å². The molecule has 1 aliphatic rings. The number of carbonyl (C=O) groups is 1. The monoisotopic (exact) mass is 356 g/mol. The maximum atomic E-state index is 12.5. The number of likely N-dealkylation sites (tertiary alicyclic amines) is 1. The molecular weight excluding hydrogens is 341 g/mol. The number of sulfonamides is 1. The molecule has 5 nitrogen and oxygen atoms in total. The number of halogens is 3. The first kappa shape index (κ1) is 17.1. The molecule has 1 saturated heterocycles. The average molecular weight is 356 g/mol. The molecule has 1 aromatic heterocycles. The van der Waals surface area contributed by atoms with Crippen LogP contribution in [-0.2, 0) is 21.4 Å². The van der Waals surface area contributed by atoms with E-state index in [9.17, 15) is 26.4 Å². The highest BCUT2D eigenvalue weighted by Gasteiger charge is 2.46. The van der Waals surface area contributed by atoms with Gasteiger partial charge in [0.1, 0.15) is 0 Å². The molecular formula is C12H15F3N2O3S2. The van der Waals surface area contributed by atoms with Crippen LogP contribution >= 0.6 is 11.3 Å². The predicted octanol–water partition coefficient (Wildman–Crippen LogP) is 2.83. The van der Waals surface area contributed by atoms with E-state index in [0.29, 0.717) is 23.4 Å². The van der Waals surface area contributed by atoms with Crippen molar-refractivity contribution in [2.45, 2.75) is 38.2 Å². The summed E-state index contributed by atoms with van der Waals surface area (Å²) in [5.41, 5.74) is -5.06. The summed E-state index contributed by atoms with van der Waals surface area (Å²) in [5, 5.41) is 1.57. The molecule has 1 aromatic rings. The lowest BCUT2D eigenvalue weighted by Crippen LogP contribution is -2.35. The van der Waals surface area contributed by atoms with Crippen LogP contribution in [0.25, 0.3) is 0 Å². The number of nitrogens with zero attached hydrogens (tertiary/aromatic N) is 1. The van der Waals surface area contributed by atoms with Gasteiger partial charge in [-0.3, -0.25) is 9.52 Å². The Morgan fingerprint density at radius 3 is 2.64 bits per heavy atom. The van der Waals surface area contributed by atoms with Crippen LogP contribution in [0, 0.1) is 6.92 Å². The number of alkyl halides is 3. The number of nitrogens with one attached hydrogen (secondary N) is 1. The number of hydrogen-bond acceptors (Lipinski definition) is 4. The summed E-state index contributed by atoms with van der Waals surface area (Å²) in [6.45, 7) is 2.17. The number of rotatable bonds is 4. The van der Waals surface area contributed by atoms with Crippen LogP contribution in [0.4, 0.5) is 18.9 Å². The molecule has 1 N–H and O–H groups in total. The van der Waals surface area contributed by atoms with E-state index in [1.807, 2.05) is 0 Å². The third kappa shape index (κ3) is 3.54. The standard InChI is InChI=1S/C12H15F3N2O3S2/c1-8-7-21-9(6-17-5-3-2-4-10(17)18)11(8)16-22(19,20)12(13,14)15/h7,16H,2-6H2,1H3. The maximum absolute atomic E-state index is 12.5. The molecule has 0 bridgehead atoms. The van der Waals surface area contributed by atoms with Crippen molar-refractivity contribution in [1.82, 2.24) is 4.90 Å². The number of carbonyl (C=O) groups excluding carboxylic acids is 1. The minimum absolute atomic E-state index is 0.0677. The van der Waals surface area contributed by atoms with Gasteiger partial charge in [-0.1, -0.05) is 0 Å². The van der Waals surface area contributed by atoms with Crippen molar-refractivity contribution in [3.05, 3.63) is 15.8 Å². The summed E-state index contributed by atoms with van der Waals surface area (Å²) in [7, 11) is -5.47. The zero-order valence-corrected chi connectivity index (χ0v) is 13.4. The van der Waals surface area contributed by atoms with Gasteiger partial charge in [0.15, 0.2) is 0 Å². The summed E-state index contributed by atoms with van der Waals surface area (Å²) in [5.74, 6) is -0.0677. The number of amides is 1. The summed E-state index contributed by atoms with van der Waals surface area (Å²) in [6.07, 6.45) is 2.04. The maximum Gasteiger partial charge on any atom is 0.516 e. The second-order valence-electron chi connectivity index (χ2n) is 5.04. The highest BCUT2D eigenvalue weighted by atomic mass is 32.2. The van der Waals surface area contributed by atoms with Crippen LogP contribution < -0.4 is 4.72 Å². The molecule has 0 unspecified atom stereocenters. The SMILES string of the molecule is Cc1csc(CN2CCCCC2=O)c1NS(=O)(=O)C(F)(F)F. The Hall–Kier alpha value is -1.29. The smallest absolute Gasteiger partial charge is 0.337 e. The van der Waals surface area contributed by atoms with Gasteiger partial charge in [-0.2, -0.15) is 21.6 Å². The van der Waals surface area contributed by atoms with E-state index >= 15 is 0 Å². The number of anilines is 1. The molecule has 0 atom stereocenters. The highest BCUT2D eigenvalue weighted by molar-refractivity contribution is 7.93. The Bertz CT molecular complexity index is 668. The molecule has 0 aliphatic carbocycles. The quantitative estimate of drug-likeness (QED) is 0.902. The Kier molecular flexibility index (Phi) is 4.71. The van der Waals surface area contributed by atoms with Crippen molar-refractivity contribution in [2.75, 3.05) is 11.3 Å². The first-order chi connectivity index (χ1) is 10.1. The van der Waals surface area contributed by atoms with Crippen LogP contribution in [-0.4, -0.2) is 31.3 Å². The van der Waals surface area contributed by atoms with Gasteiger partial charge >= 0.3 is 15.5 Å². The number of piperidine rings is 1. The van der Waals surface area contributed by atoms with Crippen molar-refractivity contribution < 1.29 is 26.4 Å². The predicted molar refractivity (Wildman–Crippen MR) is 76.9 cm³/mol. The second-order valence-corrected chi connectivity index (χ2v) is 7.68. The van der Waals surface area contributed by atoms with Crippen LogP contribution in [0.5, 0.6) is 0 Å². The van der Waals surface area contributed by atoms with E-state index in [0.717, 1.165) is 24.2 Å². The molecule has 22 heavy (non-hydrogen) atoms. The van der Waals surface area contributed by atoms with E-state index < -0.39 is 15.5 Å². The third-order valence-electron chi connectivity index (χ3n) is 3.35. The van der Waals surface area contributed by atoms with Crippen molar-refractivity contribution in [3.63, 3.8) is 0 Å². The number of hydrogen-bond donors (Lipinski definition) is 1. The van der Waals surface area contributed by atoms with Crippen LogP contribution in [0.2, 0.25) is 0 Å². The zero-order chi connectivity index (χ0) is 16.5. The lowest BCUT2D eigenvalue weighted by molar-refractivity contribution is -0.133. The van der Waals surface area contributed by atoms with Gasteiger partial charge in [0.2, 0.25) is 5.91 Å². The van der Waals surface area contributed by atoms with Crippen LogP contribution in [0.3, 0.4) is 0 Å². The highest BCUT2D eigenvalue weighted by Crippen LogP contribution is 2.33. The number of aryl methyl sites for hydroxylation is 1. The summed E-state index contributed by atoms with van der Waals surface area (Å²) < 4.78 is 61.6. The molecule has 0 aromatic carbocycles. The molecule has 1 aliphatic heterocycles. The number of thiophene rings is 1. The van der Waals surface area contributed by atoms with E-state index in [4.69, 9.17) is 0 Å². The fraction of sp³-hybridized carbons (Fsp3) is 0.583. The van der Waals surface area contributed by atoms with Gasteiger partial charge < -0.3 is 4.90 Å². The molecule has 2 rings (SSSR count). The van der Waals surface area contributed by atoms with Gasteiger partial charge in [0.05, 0.1) is 12.2 Å². The molecule has 1 fully saturated rings. The lowest BCUT2D eigenvalue weighted by atomic mass is 10.1. The molecule has 0 spiro atoms. The first-order valence-electron chi connectivity index (χ1n) is 6.55. The largest absolute Gasteiger partial charge is 0.516 e. The third-order valence-corrected chi connectivity index (χ3v) is 5.52. The van der Waals surface area contributed by atoms with Crippen LogP contribution in [0.15, 0.2) is 5.38 Å². The van der Waals surface area contributed by atoms with Crippen molar-refractivity contribution in [3.8, 4) is 0 Å². The molecule has 0 radical (unpaired) electrons. The van der Waals surface area contributed by atoms with E-state index in [-0.39, 0.29) is 18.1 Å². The average Bonchev–Trinajstić information content (AvgIpc) is 2.72. The summed E-state index contributed by atoms with van der Waals surface area (Å²) >= 11 is 1.13. The minimum atomic E-state index is -5.47. The van der Waals surface area contributed by atoms with Gasteiger partial charge in [-0.15, -0.1) is 11.3 Å². The van der Waals surface area contributed by atoms with E-state index in [2.05, 4.69) is 0 Å². The van der Waals surface area contributed by atoms with Gasteiger partial charge in [-0.25, -0.2) is 0 Å². The normalized spacial score (nSPS) is 16.9. The molecule has 2 heterocycles. The fourth-order valence-corrected chi connectivity index (χ4v) is 3.88. The van der Waals surface area contributed by atoms with Crippen molar-refractivity contribution in [2.24, 2.45) is 0 Å². The Morgan fingerprint density at radius 1 is 1.36 bits per heavy atom. The molecule has 0 saturated carbocycles. The molecule has 10 heteroatoms. The summed E-state index contributed by atoms with van der Waals surface area (Å²) in [6, 6.07) is 0. The van der Waals surface area contributed by atoms with E-state index in [1.54, 1.807) is 15.0 Å². The summed E-state index contributed by atoms with van der Waals surface area (Å²) in [4.78, 5) is 13.7. The first-order valence-corrected chi connectivity index (χ1v) is 8.92. The lowest BCUT2D eigenvalue weighted by Gasteiger charge is -2.26. The van der Waals surface area contributed by atoms with E-state index in [1.165, 1.54) is 6.92 Å². The van der Waals surface area contributed by atoms with Crippen molar-refractivity contribution in [1.29, 1.82) is 0 Å². The Balaban J connectivity index is 2.23. The Labute approximate surface area is 130 Å². The zero-order valence-electron chi connectivity index (χ0n) is 11.7. The minimum Gasteiger partial charge on any atom is -0.337 e. The second kappa shape index (κ2) is 6.07. The van der Waals surface area contributed by atoms with Crippen LogP contribution in [0.1, 0.15) is 29.7 Å². The van der Waals surface area contributed by atoms with Gasteiger partial charge in [-0.05, 0) is 30.7 Å². The molecule has 124 valence electrons. The fourth-order valence-electron chi connectivity index (χ4n) is 2.15. The van der Waals surface area contributed by atoms with Gasteiger partial charge in [0, 0.05) is 17.8 Å². The Morgan fingerprint density at radius 2 is 2.05 bits per heavy atom. The molecule has 1 amide bonds.